The number of benzene rings is 6. The summed E-state index contributed by atoms with van der Waals surface area (Å²) in [7, 11) is 0. The zero-order valence-electron chi connectivity index (χ0n) is 31.5. The Kier molecular flexibility index (Phi) is 7.41. The molecule has 3 heteroatoms. The zero-order valence-corrected chi connectivity index (χ0v) is 31.5. The highest BCUT2D eigenvalue weighted by Crippen LogP contribution is 2.52. The molecule has 0 amide bonds. The first-order chi connectivity index (χ1) is 26.0. The van der Waals surface area contributed by atoms with E-state index >= 15 is 0 Å². The molecule has 3 aliphatic heterocycles. The van der Waals surface area contributed by atoms with Crippen LogP contribution in [0.5, 0.6) is 0 Å². The SMILES string of the molecule is CCC1(CC)c2ccc(-c3ccccc3)cc2B2c3ccc(N4C5=C(CCCC5)N(c5ccccc5)c5ccccc54)cc3C(C)(C)c3cccc1c32. The highest BCUT2D eigenvalue weighted by Gasteiger charge is 2.50. The van der Waals surface area contributed by atoms with E-state index in [0.717, 1.165) is 25.7 Å². The number of anilines is 4. The predicted octanol–water partition coefficient (Wildman–Crippen LogP) is 11.0. The number of hydrogen-bond donors (Lipinski definition) is 0. The average Bonchev–Trinajstić information content (AvgIpc) is 3.21. The number of allylic oxidation sites excluding steroid dienone is 2. The third-order valence-electron chi connectivity index (χ3n) is 13.4. The van der Waals surface area contributed by atoms with Gasteiger partial charge >= 0.3 is 0 Å². The molecular weight excluding hydrogens is 639 g/mol. The molecule has 3 heterocycles. The monoisotopic (exact) mass is 686 g/mol. The van der Waals surface area contributed by atoms with Gasteiger partial charge in [-0.15, -0.1) is 0 Å². The maximum atomic E-state index is 2.62. The highest BCUT2D eigenvalue weighted by molar-refractivity contribution is 6.97. The van der Waals surface area contributed by atoms with Crippen molar-refractivity contribution in [3.05, 3.63) is 173 Å². The van der Waals surface area contributed by atoms with Gasteiger partial charge in [0.25, 0.3) is 0 Å². The van der Waals surface area contributed by atoms with E-state index in [0.29, 0.717) is 0 Å². The Morgan fingerprint density at radius 2 is 1.13 bits per heavy atom. The van der Waals surface area contributed by atoms with Crippen LogP contribution < -0.4 is 26.2 Å². The Bertz CT molecular complexity index is 2420. The summed E-state index contributed by atoms with van der Waals surface area (Å²) in [6.45, 7) is 9.94. The van der Waals surface area contributed by atoms with Gasteiger partial charge in [0.1, 0.15) is 0 Å². The van der Waals surface area contributed by atoms with Gasteiger partial charge in [-0.25, -0.2) is 0 Å². The normalized spacial score (nSPS) is 17.4. The molecule has 0 atom stereocenters. The Morgan fingerprint density at radius 3 is 1.81 bits per heavy atom. The second-order valence-corrected chi connectivity index (χ2v) is 16.1. The topological polar surface area (TPSA) is 6.48 Å². The Hall–Kier alpha value is -5.28. The molecule has 0 radical (unpaired) electrons. The van der Waals surface area contributed by atoms with Gasteiger partial charge in [0.15, 0.2) is 0 Å². The van der Waals surface area contributed by atoms with Crippen molar-refractivity contribution in [2.75, 3.05) is 9.80 Å². The maximum Gasteiger partial charge on any atom is 0.242 e. The number of nitrogens with zero attached hydrogens (tertiary/aromatic N) is 2. The summed E-state index contributed by atoms with van der Waals surface area (Å²) in [5.74, 6) is 0. The first-order valence-electron chi connectivity index (χ1n) is 19.9. The van der Waals surface area contributed by atoms with Crippen molar-refractivity contribution >= 4 is 45.9 Å². The van der Waals surface area contributed by atoms with Crippen LogP contribution in [0.4, 0.5) is 22.7 Å². The molecule has 260 valence electrons. The second kappa shape index (κ2) is 12.1. The van der Waals surface area contributed by atoms with Gasteiger partial charge < -0.3 is 9.80 Å². The lowest BCUT2D eigenvalue weighted by Crippen LogP contribution is -2.67. The molecule has 0 bridgehead atoms. The molecule has 10 rings (SSSR count). The minimum Gasteiger partial charge on any atom is -0.310 e. The molecule has 0 saturated carbocycles. The molecule has 0 spiro atoms. The van der Waals surface area contributed by atoms with Crippen LogP contribution in [0.1, 0.15) is 88.5 Å². The van der Waals surface area contributed by atoms with Crippen LogP contribution in [0.15, 0.2) is 151 Å². The van der Waals surface area contributed by atoms with Crippen molar-refractivity contribution < 1.29 is 0 Å². The van der Waals surface area contributed by atoms with Crippen LogP contribution in [-0.2, 0) is 10.8 Å². The number of para-hydroxylation sites is 3. The van der Waals surface area contributed by atoms with Crippen molar-refractivity contribution in [2.24, 2.45) is 0 Å². The quantitative estimate of drug-likeness (QED) is 0.167. The summed E-state index contributed by atoms with van der Waals surface area (Å²) in [4.78, 5) is 5.16. The van der Waals surface area contributed by atoms with Crippen molar-refractivity contribution in [3.8, 4) is 11.1 Å². The van der Waals surface area contributed by atoms with E-state index in [1.807, 2.05) is 0 Å². The van der Waals surface area contributed by atoms with E-state index in [1.54, 1.807) is 5.46 Å². The van der Waals surface area contributed by atoms with E-state index in [9.17, 15) is 0 Å². The molecule has 0 fully saturated rings. The third kappa shape index (κ3) is 4.59. The molecule has 2 nitrogen and oxygen atoms in total. The number of hydrogen-bond acceptors (Lipinski definition) is 2. The molecule has 6 aromatic carbocycles. The largest absolute Gasteiger partial charge is 0.310 e. The standard InChI is InChI=1S/C50H47BN2/c1-5-50(6-2)38-30-28-35(34-18-9-7-10-19-34)32-43(38)51-42-31-29-37(33-41(42)49(3,4)39-22-17-23-40(50)48(39)51)53-46-26-15-13-24-44(46)52(36-20-11-8-12-21-36)45-25-14-16-27-47(45)53/h7-13,15,17-24,26,28-33H,5-6,14,16,25,27H2,1-4H3. The molecule has 0 unspecified atom stereocenters. The van der Waals surface area contributed by atoms with Gasteiger partial charge in [0, 0.05) is 33.6 Å². The first kappa shape index (κ1) is 32.4. The Balaban J connectivity index is 1.20. The first-order valence-corrected chi connectivity index (χ1v) is 19.9. The fraction of sp³-hybridized carbons (Fsp3) is 0.240. The van der Waals surface area contributed by atoms with Crippen LogP contribution in [0, 0.1) is 0 Å². The van der Waals surface area contributed by atoms with Crippen molar-refractivity contribution in [3.63, 3.8) is 0 Å². The third-order valence-corrected chi connectivity index (χ3v) is 13.4. The lowest BCUT2D eigenvalue weighted by molar-refractivity contribution is 0.480. The highest BCUT2D eigenvalue weighted by atomic mass is 15.3. The van der Waals surface area contributed by atoms with E-state index in [2.05, 4.69) is 177 Å². The van der Waals surface area contributed by atoms with E-state index in [-0.39, 0.29) is 17.5 Å². The van der Waals surface area contributed by atoms with Crippen LogP contribution in [0.3, 0.4) is 0 Å². The van der Waals surface area contributed by atoms with Crippen molar-refractivity contribution in [2.45, 2.75) is 77.0 Å². The van der Waals surface area contributed by atoms with E-state index in [4.69, 9.17) is 0 Å². The number of fused-ring (bicyclic) bond motifs is 5. The average molecular weight is 687 g/mol. The Labute approximate surface area is 315 Å². The van der Waals surface area contributed by atoms with Gasteiger partial charge in [-0.3, -0.25) is 0 Å². The van der Waals surface area contributed by atoms with Gasteiger partial charge in [-0.1, -0.05) is 147 Å². The van der Waals surface area contributed by atoms with Crippen LogP contribution in [0.2, 0.25) is 0 Å². The molecular formula is C50H47BN2. The summed E-state index contributed by atoms with van der Waals surface area (Å²) >= 11 is 0. The van der Waals surface area contributed by atoms with Crippen molar-refractivity contribution in [1.82, 2.24) is 0 Å². The lowest BCUT2D eigenvalue weighted by atomic mass is 9.27. The molecule has 0 saturated heterocycles. The summed E-state index contributed by atoms with van der Waals surface area (Å²) < 4.78 is 0. The molecule has 4 aliphatic rings. The lowest BCUT2D eigenvalue weighted by Gasteiger charge is -2.49. The fourth-order valence-corrected chi connectivity index (χ4v) is 10.8. The van der Waals surface area contributed by atoms with Gasteiger partial charge in [-0.05, 0) is 108 Å². The summed E-state index contributed by atoms with van der Waals surface area (Å²) in [5, 5.41) is 0. The minimum absolute atomic E-state index is 0.00802. The predicted molar refractivity (Wildman–Crippen MR) is 226 cm³/mol. The fourth-order valence-electron chi connectivity index (χ4n) is 10.8. The summed E-state index contributed by atoms with van der Waals surface area (Å²) in [6, 6.07) is 53.1. The Morgan fingerprint density at radius 1 is 0.509 bits per heavy atom. The van der Waals surface area contributed by atoms with Gasteiger partial charge in [-0.2, -0.15) is 0 Å². The van der Waals surface area contributed by atoms with E-state index < -0.39 is 0 Å². The number of rotatable bonds is 5. The maximum absolute atomic E-state index is 2.62. The summed E-state index contributed by atoms with van der Waals surface area (Å²) in [6.07, 6.45) is 6.77. The smallest absolute Gasteiger partial charge is 0.242 e. The molecule has 1 aliphatic carbocycles. The van der Waals surface area contributed by atoms with Crippen LogP contribution >= 0.6 is 0 Å². The minimum atomic E-state index is -0.163. The molecule has 0 N–H and O–H groups in total. The summed E-state index contributed by atoms with van der Waals surface area (Å²) in [5.41, 5.74) is 20.8. The van der Waals surface area contributed by atoms with Gasteiger partial charge in [0.2, 0.25) is 6.71 Å². The van der Waals surface area contributed by atoms with Crippen LogP contribution in [0.25, 0.3) is 11.1 Å². The van der Waals surface area contributed by atoms with E-state index in [1.165, 1.54) is 91.3 Å². The zero-order chi connectivity index (χ0) is 35.9. The van der Waals surface area contributed by atoms with Crippen molar-refractivity contribution in [1.29, 1.82) is 0 Å². The van der Waals surface area contributed by atoms with Crippen LogP contribution in [-0.4, -0.2) is 6.71 Å². The molecule has 0 aromatic heterocycles. The second-order valence-electron chi connectivity index (χ2n) is 16.1. The van der Waals surface area contributed by atoms with Gasteiger partial charge in [0.05, 0.1) is 11.4 Å². The molecule has 6 aromatic rings. The molecule has 53 heavy (non-hydrogen) atoms.